The number of fused-ring (bicyclic) bond motifs is 2. The molecule has 4 rings (SSSR count). The first-order valence-electron chi connectivity index (χ1n) is 8.58. The molecule has 0 aliphatic carbocycles. The molecule has 0 unspecified atom stereocenters. The molecule has 2 aromatic carbocycles. The number of hydrogen-bond donors (Lipinski definition) is 0. The molecule has 6 nitrogen and oxygen atoms in total. The van der Waals surface area contributed by atoms with E-state index < -0.39 is 5.91 Å². The van der Waals surface area contributed by atoms with Crippen molar-refractivity contribution in [3.05, 3.63) is 58.7 Å². The molecule has 8 heteroatoms. The van der Waals surface area contributed by atoms with Gasteiger partial charge in [0.2, 0.25) is 6.79 Å². The first kappa shape index (κ1) is 18.4. The largest absolute Gasteiger partial charge is 0.454 e. The van der Waals surface area contributed by atoms with Gasteiger partial charge in [0, 0.05) is 19.7 Å². The van der Waals surface area contributed by atoms with Crippen molar-refractivity contribution in [3.63, 3.8) is 0 Å². The van der Waals surface area contributed by atoms with Gasteiger partial charge in [-0.3, -0.25) is 4.79 Å². The smallest absolute Gasteiger partial charge is 0.272 e. The summed E-state index contributed by atoms with van der Waals surface area (Å²) in [5, 5.41) is 0. The normalized spacial score (nSPS) is 13.7. The monoisotopic (exact) mass is 400 g/mol. The second-order valence-electron chi connectivity index (χ2n) is 6.04. The van der Waals surface area contributed by atoms with E-state index in [4.69, 9.17) is 14.2 Å². The van der Waals surface area contributed by atoms with Crippen LogP contribution in [0.15, 0.2) is 47.5 Å². The maximum Gasteiger partial charge on any atom is 0.272 e. The molecule has 0 spiro atoms. The quantitative estimate of drug-likeness (QED) is 0.616. The topological polar surface area (TPSA) is 62.1 Å². The SMILES string of the molecule is COCCn1c(=NC(=O)C=Cc2ccc3c(c2)OCO3)sc2cc(F)ccc21. The van der Waals surface area contributed by atoms with Gasteiger partial charge in [-0.25, -0.2) is 4.39 Å². The lowest BCUT2D eigenvalue weighted by molar-refractivity contribution is -0.113. The van der Waals surface area contributed by atoms with Gasteiger partial charge in [-0.1, -0.05) is 17.4 Å². The maximum absolute atomic E-state index is 13.5. The summed E-state index contributed by atoms with van der Waals surface area (Å²) in [6.45, 7) is 1.17. The number of aromatic nitrogens is 1. The van der Waals surface area contributed by atoms with Gasteiger partial charge in [0.05, 0.1) is 16.8 Å². The van der Waals surface area contributed by atoms with Crippen molar-refractivity contribution in [2.24, 2.45) is 4.99 Å². The van der Waals surface area contributed by atoms with Gasteiger partial charge >= 0.3 is 0 Å². The second-order valence-corrected chi connectivity index (χ2v) is 7.05. The van der Waals surface area contributed by atoms with Crippen molar-refractivity contribution in [2.45, 2.75) is 6.54 Å². The van der Waals surface area contributed by atoms with Crippen molar-refractivity contribution in [3.8, 4) is 11.5 Å². The number of methoxy groups -OCH3 is 1. The number of amides is 1. The third kappa shape index (κ3) is 3.83. The van der Waals surface area contributed by atoms with Crippen molar-refractivity contribution in [1.82, 2.24) is 4.57 Å². The number of nitrogens with zero attached hydrogens (tertiary/aromatic N) is 2. The van der Waals surface area contributed by atoms with Gasteiger partial charge in [-0.05, 0) is 42.0 Å². The van der Waals surface area contributed by atoms with Crippen molar-refractivity contribution >= 4 is 33.5 Å². The van der Waals surface area contributed by atoms with E-state index in [2.05, 4.69) is 4.99 Å². The molecule has 0 bridgehead atoms. The first-order chi connectivity index (χ1) is 13.6. The van der Waals surface area contributed by atoms with Crippen LogP contribution in [-0.2, 0) is 16.1 Å². The van der Waals surface area contributed by atoms with Gasteiger partial charge in [0.25, 0.3) is 5.91 Å². The Morgan fingerprint density at radius 2 is 2.14 bits per heavy atom. The predicted molar refractivity (Wildman–Crippen MR) is 104 cm³/mol. The Balaban J connectivity index is 1.63. The molecule has 1 amide bonds. The standard InChI is InChI=1S/C20H17FN2O4S/c1-25-9-8-23-15-5-4-14(21)11-18(15)28-20(23)22-19(24)7-3-13-2-6-16-17(10-13)27-12-26-16/h2-7,10-11H,8-9,12H2,1H3. The summed E-state index contributed by atoms with van der Waals surface area (Å²) < 4.78 is 31.9. The van der Waals surface area contributed by atoms with E-state index in [0.717, 1.165) is 15.8 Å². The fourth-order valence-electron chi connectivity index (χ4n) is 2.85. The van der Waals surface area contributed by atoms with Gasteiger partial charge in [0.1, 0.15) is 5.82 Å². The summed E-state index contributed by atoms with van der Waals surface area (Å²) in [4.78, 5) is 17.1. The molecule has 28 heavy (non-hydrogen) atoms. The number of carbonyl (C=O) groups excluding carboxylic acids is 1. The lowest BCUT2D eigenvalue weighted by Gasteiger charge is -2.03. The highest BCUT2D eigenvalue weighted by molar-refractivity contribution is 7.16. The molecule has 144 valence electrons. The van der Waals surface area contributed by atoms with Crippen LogP contribution in [0.2, 0.25) is 0 Å². The molecule has 1 aliphatic rings. The Morgan fingerprint density at radius 3 is 3.00 bits per heavy atom. The van der Waals surface area contributed by atoms with Crippen LogP contribution in [0.5, 0.6) is 11.5 Å². The highest BCUT2D eigenvalue weighted by atomic mass is 32.1. The summed E-state index contributed by atoms with van der Waals surface area (Å²) in [7, 11) is 1.60. The van der Waals surface area contributed by atoms with Crippen molar-refractivity contribution in [1.29, 1.82) is 0 Å². The lowest BCUT2D eigenvalue weighted by atomic mass is 10.2. The molecule has 1 aromatic heterocycles. The van der Waals surface area contributed by atoms with E-state index in [9.17, 15) is 9.18 Å². The number of thiazole rings is 1. The molecule has 0 fully saturated rings. The average molecular weight is 400 g/mol. The highest BCUT2D eigenvalue weighted by Crippen LogP contribution is 2.32. The zero-order chi connectivity index (χ0) is 19.5. The van der Waals surface area contributed by atoms with E-state index in [1.54, 1.807) is 31.4 Å². The minimum absolute atomic E-state index is 0.199. The van der Waals surface area contributed by atoms with Crippen LogP contribution in [0.3, 0.4) is 0 Å². The van der Waals surface area contributed by atoms with Crippen LogP contribution in [0.1, 0.15) is 5.56 Å². The summed E-state index contributed by atoms with van der Waals surface area (Å²) >= 11 is 1.26. The van der Waals surface area contributed by atoms with E-state index in [0.29, 0.717) is 29.5 Å². The Hall–Kier alpha value is -2.97. The summed E-state index contributed by atoms with van der Waals surface area (Å²) in [5.41, 5.74) is 1.62. The highest BCUT2D eigenvalue weighted by Gasteiger charge is 2.12. The van der Waals surface area contributed by atoms with E-state index in [1.807, 2.05) is 10.6 Å². The second kappa shape index (κ2) is 7.95. The Labute approximate surface area is 164 Å². The minimum atomic E-state index is -0.407. The van der Waals surface area contributed by atoms with E-state index in [-0.39, 0.29) is 12.6 Å². The number of carbonyl (C=O) groups is 1. The maximum atomic E-state index is 13.5. The zero-order valence-corrected chi connectivity index (χ0v) is 15.9. The molecule has 0 saturated heterocycles. The minimum Gasteiger partial charge on any atom is -0.454 e. The number of halogens is 1. The van der Waals surface area contributed by atoms with E-state index in [1.165, 1.54) is 29.5 Å². The Kier molecular flexibility index (Phi) is 5.23. The number of rotatable bonds is 5. The van der Waals surface area contributed by atoms with Crippen LogP contribution >= 0.6 is 11.3 Å². The van der Waals surface area contributed by atoms with Crippen LogP contribution in [0, 0.1) is 5.82 Å². The van der Waals surface area contributed by atoms with Gasteiger partial charge < -0.3 is 18.8 Å². The number of ether oxygens (including phenoxy) is 3. The fourth-order valence-corrected chi connectivity index (χ4v) is 3.93. The van der Waals surface area contributed by atoms with Crippen LogP contribution in [0.25, 0.3) is 16.3 Å². The molecular formula is C20H17FN2O4S. The fraction of sp³-hybridized carbons (Fsp3) is 0.200. The third-order valence-electron chi connectivity index (χ3n) is 4.18. The third-order valence-corrected chi connectivity index (χ3v) is 5.23. The lowest BCUT2D eigenvalue weighted by Crippen LogP contribution is -2.18. The zero-order valence-electron chi connectivity index (χ0n) is 15.1. The predicted octanol–water partition coefficient (Wildman–Crippen LogP) is 3.36. The number of benzene rings is 2. The molecule has 0 saturated carbocycles. The van der Waals surface area contributed by atoms with Crippen LogP contribution in [0.4, 0.5) is 4.39 Å². The van der Waals surface area contributed by atoms with Crippen molar-refractivity contribution < 1.29 is 23.4 Å². The molecular weight excluding hydrogens is 383 g/mol. The molecule has 3 aromatic rings. The van der Waals surface area contributed by atoms with Crippen LogP contribution < -0.4 is 14.3 Å². The molecule has 0 atom stereocenters. The van der Waals surface area contributed by atoms with Gasteiger partial charge in [-0.2, -0.15) is 4.99 Å². The van der Waals surface area contributed by atoms with E-state index >= 15 is 0 Å². The molecule has 0 radical (unpaired) electrons. The van der Waals surface area contributed by atoms with Gasteiger partial charge in [0.15, 0.2) is 16.3 Å². The molecule has 0 N–H and O–H groups in total. The first-order valence-corrected chi connectivity index (χ1v) is 9.40. The summed E-state index contributed by atoms with van der Waals surface area (Å²) in [6.07, 6.45) is 3.06. The average Bonchev–Trinajstić information content (AvgIpc) is 3.28. The number of hydrogen-bond acceptors (Lipinski definition) is 5. The van der Waals surface area contributed by atoms with Gasteiger partial charge in [-0.15, -0.1) is 0 Å². The summed E-state index contributed by atoms with van der Waals surface area (Å²) in [6, 6.07) is 9.94. The van der Waals surface area contributed by atoms with Crippen molar-refractivity contribution in [2.75, 3.05) is 20.5 Å². The Morgan fingerprint density at radius 1 is 1.29 bits per heavy atom. The van der Waals surface area contributed by atoms with Crippen LogP contribution in [-0.4, -0.2) is 31.0 Å². The Bertz CT molecular complexity index is 1130. The summed E-state index contributed by atoms with van der Waals surface area (Å²) in [5.74, 6) is 0.601. The molecule has 2 heterocycles. The molecule has 1 aliphatic heterocycles.